The van der Waals surface area contributed by atoms with Crippen LogP contribution in [0.5, 0.6) is 5.75 Å². The number of nitrogens with one attached hydrogen (secondary N) is 1. The summed E-state index contributed by atoms with van der Waals surface area (Å²) in [6.45, 7) is 3.17. The normalized spacial score (nSPS) is 20.7. The van der Waals surface area contributed by atoms with Crippen molar-refractivity contribution >= 4 is 18.3 Å². The molecule has 1 amide bonds. The van der Waals surface area contributed by atoms with Crippen molar-refractivity contribution in [1.82, 2.24) is 10.2 Å². The summed E-state index contributed by atoms with van der Waals surface area (Å²) >= 11 is 0. The maximum atomic E-state index is 12.5. The predicted octanol–water partition coefficient (Wildman–Crippen LogP) is 2.02. The first-order valence-corrected chi connectivity index (χ1v) is 8.00. The minimum absolute atomic E-state index is 0. The third-order valence-corrected chi connectivity index (χ3v) is 4.34. The zero-order valence-electron chi connectivity index (χ0n) is 13.5. The largest absolute Gasteiger partial charge is 0.496 e. The minimum Gasteiger partial charge on any atom is -0.496 e. The topological polar surface area (TPSA) is 50.8 Å². The van der Waals surface area contributed by atoms with Crippen LogP contribution in [0.15, 0.2) is 24.3 Å². The van der Waals surface area contributed by atoms with Gasteiger partial charge in [-0.1, -0.05) is 18.2 Å². The molecule has 2 fully saturated rings. The van der Waals surface area contributed by atoms with E-state index in [2.05, 4.69) is 5.32 Å². The molecule has 128 valence electrons. The molecule has 23 heavy (non-hydrogen) atoms. The van der Waals surface area contributed by atoms with Crippen LogP contribution in [0.1, 0.15) is 24.4 Å². The fraction of sp³-hybridized carbons (Fsp3) is 0.588. The Kier molecular flexibility index (Phi) is 6.69. The van der Waals surface area contributed by atoms with Gasteiger partial charge in [-0.25, -0.2) is 0 Å². The number of methoxy groups -OCH3 is 1. The average Bonchev–Trinajstić information content (AvgIpc) is 3.39. The molecule has 1 unspecified atom stereocenters. The van der Waals surface area contributed by atoms with E-state index < -0.39 is 0 Å². The smallest absolute Gasteiger partial charge is 0.249 e. The molecule has 1 heterocycles. The highest BCUT2D eigenvalue weighted by Crippen LogP contribution is 2.31. The molecule has 0 spiro atoms. The summed E-state index contributed by atoms with van der Waals surface area (Å²) in [5, 5.41) is 3.36. The van der Waals surface area contributed by atoms with Gasteiger partial charge in [0.2, 0.25) is 5.91 Å². The highest BCUT2D eigenvalue weighted by molar-refractivity contribution is 5.85. The Morgan fingerprint density at radius 2 is 2.13 bits per heavy atom. The Morgan fingerprint density at radius 3 is 2.87 bits per heavy atom. The Labute approximate surface area is 143 Å². The van der Waals surface area contributed by atoms with Gasteiger partial charge in [-0.15, -0.1) is 12.4 Å². The number of hydrogen-bond acceptors (Lipinski definition) is 4. The van der Waals surface area contributed by atoms with Crippen molar-refractivity contribution in [2.24, 2.45) is 5.92 Å². The van der Waals surface area contributed by atoms with Gasteiger partial charge in [-0.3, -0.25) is 4.79 Å². The average molecular weight is 341 g/mol. The summed E-state index contributed by atoms with van der Waals surface area (Å²) in [6.07, 6.45) is 2.48. The fourth-order valence-corrected chi connectivity index (χ4v) is 2.90. The number of para-hydroxylation sites is 1. The van der Waals surface area contributed by atoms with E-state index in [1.54, 1.807) is 7.11 Å². The van der Waals surface area contributed by atoms with Crippen molar-refractivity contribution in [2.45, 2.75) is 18.9 Å². The SMILES string of the molecule is COc1ccccc1C1CNCCN1C(=O)COCC1CC1.Cl. The summed E-state index contributed by atoms with van der Waals surface area (Å²) in [5.74, 6) is 1.58. The van der Waals surface area contributed by atoms with Crippen molar-refractivity contribution in [3.05, 3.63) is 29.8 Å². The second kappa shape index (κ2) is 8.52. The molecule has 1 N–H and O–H groups in total. The number of nitrogens with zero attached hydrogens (tertiary/aromatic N) is 1. The van der Waals surface area contributed by atoms with E-state index in [9.17, 15) is 4.79 Å². The number of hydrogen-bond donors (Lipinski definition) is 1. The lowest BCUT2D eigenvalue weighted by atomic mass is 10.0. The van der Waals surface area contributed by atoms with Gasteiger partial charge in [0.05, 0.1) is 19.8 Å². The monoisotopic (exact) mass is 340 g/mol. The zero-order chi connectivity index (χ0) is 15.4. The molecule has 3 rings (SSSR count). The first kappa shape index (κ1) is 18.0. The van der Waals surface area contributed by atoms with E-state index in [1.165, 1.54) is 12.8 Å². The quantitative estimate of drug-likeness (QED) is 0.860. The van der Waals surface area contributed by atoms with Gasteiger partial charge in [0.15, 0.2) is 0 Å². The lowest BCUT2D eigenvalue weighted by Gasteiger charge is -2.37. The van der Waals surface area contributed by atoms with E-state index in [4.69, 9.17) is 9.47 Å². The maximum Gasteiger partial charge on any atom is 0.249 e. The lowest BCUT2D eigenvalue weighted by Crippen LogP contribution is -2.49. The molecule has 5 nitrogen and oxygen atoms in total. The van der Waals surface area contributed by atoms with Gasteiger partial charge in [0.25, 0.3) is 0 Å². The molecule has 2 aliphatic rings. The summed E-state index contributed by atoms with van der Waals surface area (Å²) in [7, 11) is 1.67. The van der Waals surface area contributed by atoms with Crippen LogP contribution in [0.3, 0.4) is 0 Å². The van der Waals surface area contributed by atoms with Crippen molar-refractivity contribution in [2.75, 3.05) is 40.0 Å². The molecule has 0 aromatic heterocycles. The maximum absolute atomic E-state index is 12.5. The van der Waals surface area contributed by atoms with Crippen LogP contribution in [0.25, 0.3) is 0 Å². The molecule has 1 aromatic rings. The van der Waals surface area contributed by atoms with Crippen LogP contribution in [0.4, 0.5) is 0 Å². The standard InChI is InChI=1S/C17H24N2O3.ClH/c1-21-16-5-3-2-4-14(16)15-10-18-8-9-19(15)17(20)12-22-11-13-6-7-13;/h2-5,13,15,18H,6-12H2,1H3;1H. The number of piperazine rings is 1. The Balaban J connectivity index is 0.00000192. The van der Waals surface area contributed by atoms with Gasteiger partial charge in [0.1, 0.15) is 12.4 Å². The molecule has 0 radical (unpaired) electrons. The molecular weight excluding hydrogens is 316 g/mol. The summed E-state index contributed by atoms with van der Waals surface area (Å²) in [6, 6.07) is 7.90. The highest BCUT2D eigenvalue weighted by atomic mass is 35.5. The van der Waals surface area contributed by atoms with Crippen LogP contribution >= 0.6 is 12.4 Å². The number of amides is 1. The number of ether oxygens (including phenoxy) is 2. The van der Waals surface area contributed by atoms with Crippen molar-refractivity contribution in [1.29, 1.82) is 0 Å². The van der Waals surface area contributed by atoms with Crippen molar-refractivity contribution in [3.8, 4) is 5.75 Å². The van der Waals surface area contributed by atoms with Gasteiger partial charge in [-0.05, 0) is 24.8 Å². The van der Waals surface area contributed by atoms with E-state index in [-0.39, 0.29) is 31.0 Å². The lowest BCUT2D eigenvalue weighted by molar-refractivity contribution is -0.139. The summed E-state index contributed by atoms with van der Waals surface area (Å²) in [5.41, 5.74) is 1.05. The molecule has 1 saturated carbocycles. The van der Waals surface area contributed by atoms with E-state index in [0.29, 0.717) is 12.5 Å². The number of halogens is 1. The Morgan fingerprint density at radius 1 is 1.35 bits per heavy atom. The second-order valence-electron chi connectivity index (χ2n) is 6.01. The van der Waals surface area contributed by atoms with Crippen molar-refractivity contribution < 1.29 is 14.3 Å². The molecule has 1 saturated heterocycles. The third kappa shape index (κ3) is 4.59. The number of rotatable bonds is 6. The van der Waals surface area contributed by atoms with E-state index in [0.717, 1.165) is 31.0 Å². The van der Waals surface area contributed by atoms with Crippen LogP contribution in [-0.2, 0) is 9.53 Å². The third-order valence-electron chi connectivity index (χ3n) is 4.34. The molecule has 0 bridgehead atoms. The van der Waals surface area contributed by atoms with E-state index >= 15 is 0 Å². The zero-order valence-corrected chi connectivity index (χ0v) is 14.3. The second-order valence-corrected chi connectivity index (χ2v) is 6.01. The van der Waals surface area contributed by atoms with Gasteiger partial charge < -0.3 is 19.7 Å². The van der Waals surface area contributed by atoms with Gasteiger partial charge >= 0.3 is 0 Å². The number of carbonyl (C=O) groups excluding carboxylic acids is 1. The molecular formula is C17H25ClN2O3. The Bertz CT molecular complexity index is 522. The summed E-state index contributed by atoms with van der Waals surface area (Å²) < 4.78 is 11.0. The number of benzene rings is 1. The highest BCUT2D eigenvalue weighted by Gasteiger charge is 2.30. The first-order valence-electron chi connectivity index (χ1n) is 8.00. The molecule has 6 heteroatoms. The van der Waals surface area contributed by atoms with Gasteiger partial charge in [0, 0.05) is 25.2 Å². The Hall–Kier alpha value is -1.30. The molecule has 1 aliphatic heterocycles. The van der Waals surface area contributed by atoms with Gasteiger partial charge in [-0.2, -0.15) is 0 Å². The van der Waals surface area contributed by atoms with Crippen LogP contribution in [-0.4, -0.2) is 50.8 Å². The minimum atomic E-state index is 0. The molecule has 1 aromatic carbocycles. The van der Waals surface area contributed by atoms with Crippen LogP contribution in [0, 0.1) is 5.92 Å². The number of carbonyl (C=O) groups is 1. The predicted molar refractivity (Wildman–Crippen MR) is 91.1 cm³/mol. The van der Waals surface area contributed by atoms with E-state index in [1.807, 2.05) is 29.2 Å². The van der Waals surface area contributed by atoms with Crippen LogP contribution in [0.2, 0.25) is 0 Å². The van der Waals surface area contributed by atoms with Crippen molar-refractivity contribution in [3.63, 3.8) is 0 Å². The summed E-state index contributed by atoms with van der Waals surface area (Å²) in [4.78, 5) is 14.4. The first-order chi connectivity index (χ1) is 10.8. The fourth-order valence-electron chi connectivity index (χ4n) is 2.90. The molecule has 1 aliphatic carbocycles. The molecule has 1 atom stereocenters. The van der Waals surface area contributed by atoms with Crippen LogP contribution < -0.4 is 10.1 Å².